The minimum absolute atomic E-state index is 0. The average molecular weight is 480 g/mol. The van der Waals surface area contributed by atoms with Crippen molar-refractivity contribution < 1.29 is 8.81 Å². The molecule has 3 aromatic rings. The second-order valence-electron chi connectivity index (χ2n) is 5.74. The van der Waals surface area contributed by atoms with Crippen LogP contribution in [0.5, 0.6) is 0 Å². The van der Waals surface area contributed by atoms with E-state index in [0.717, 1.165) is 16.8 Å². The Hall–Kier alpha value is -2.42. The van der Waals surface area contributed by atoms with E-state index in [4.69, 9.17) is 4.42 Å². The van der Waals surface area contributed by atoms with Gasteiger partial charge in [0.05, 0.1) is 12.2 Å². The van der Waals surface area contributed by atoms with Gasteiger partial charge in [-0.25, -0.2) is 9.37 Å². The fourth-order valence-corrected chi connectivity index (χ4v) is 2.51. The third-order valence-electron chi connectivity index (χ3n) is 3.83. The summed E-state index contributed by atoms with van der Waals surface area (Å²) in [5, 5.41) is 6.39. The molecule has 0 bridgehead atoms. The van der Waals surface area contributed by atoms with Gasteiger partial charge in [-0.1, -0.05) is 30.3 Å². The van der Waals surface area contributed by atoms with Crippen LogP contribution in [0.1, 0.15) is 11.3 Å². The summed E-state index contributed by atoms with van der Waals surface area (Å²) >= 11 is 0. The van der Waals surface area contributed by atoms with Crippen molar-refractivity contribution in [1.82, 2.24) is 15.6 Å². The Morgan fingerprint density at radius 2 is 1.93 bits per heavy atom. The average Bonchev–Trinajstić information content (AvgIpc) is 3.14. The first kappa shape index (κ1) is 20.9. The molecule has 142 valence electrons. The van der Waals surface area contributed by atoms with Crippen LogP contribution in [0.4, 0.5) is 4.39 Å². The largest absolute Gasteiger partial charge is 0.444 e. The minimum Gasteiger partial charge on any atom is -0.444 e. The number of benzene rings is 2. The summed E-state index contributed by atoms with van der Waals surface area (Å²) in [7, 11) is 1.70. The molecule has 7 heteroatoms. The number of aromatic nitrogens is 1. The highest BCUT2D eigenvalue weighted by atomic mass is 127. The maximum atomic E-state index is 13.2. The summed E-state index contributed by atoms with van der Waals surface area (Å²) in [6.45, 7) is 1.15. The number of nitrogens with zero attached hydrogens (tertiary/aromatic N) is 2. The standard InChI is InChI=1S/C20H21FN4O.HI/c1-22-20(23-11-10-15-6-5-9-17(21)12-15)24-13-18-14-26-19(25-18)16-7-3-2-4-8-16;/h2-9,12,14H,10-11,13H2,1H3,(H2,22,23,24);1H. The van der Waals surface area contributed by atoms with Crippen molar-refractivity contribution in [3.8, 4) is 11.5 Å². The highest BCUT2D eigenvalue weighted by Crippen LogP contribution is 2.17. The number of oxazole rings is 1. The lowest BCUT2D eigenvalue weighted by atomic mass is 10.1. The first-order chi connectivity index (χ1) is 12.7. The van der Waals surface area contributed by atoms with Gasteiger partial charge in [0.15, 0.2) is 5.96 Å². The van der Waals surface area contributed by atoms with Gasteiger partial charge in [0, 0.05) is 19.2 Å². The van der Waals surface area contributed by atoms with Crippen LogP contribution >= 0.6 is 24.0 Å². The SMILES string of the molecule is CN=C(NCCc1cccc(F)c1)NCc1coc(-c2ccccc2)n1.I. The summed E-state index contributed by atoms with van der Waals surface area (Å²) in [5.74, 6) is 1.03. The molecular weight excluding hydrogens is 458 g/mol. The van der Waals surface area contributed by atoms with Crippen LogP contribution in [-0.4, -0.2) is 24.5 Å². The Morgan fingerprint density at radius 3 is 2.67 bits per heavy atom. The van der Waals surface area contributed by atoms with Crippen molar-refractivity contribution in [2.75, 3.05) is 13.6 Å². The van der Waals surface area contributed by atoms with E-state index in [1.807, 2.05) is 36.4 Å². The molecule has 0 atom stereocenters. The molecule has 2 aromatic carbocycles. The Balaban J connectivity index is 0.00000261. The monoisotopic (exact) mass is 480 g/mol. The first-order valence-corrected chi connectivity index (χ1v) is 8.43. The van der Waals surface area contributed by atoms with Crippen molar-refractivity contribution in [2.24, 2.45) is 4.99 Å². The summed E-state index contributed by atoms with van der Waals surface area (Å²) in [4.78, 5) is 8.65. The molecule has 0 fully saturated rings. The van der Waals surface area contributed by atoms with Gasteiger partial charge >= 0.3 is 0 Å². The van der Waals surface area contributed by atoms with E-state index in [1.54, 1.807) is 25.4 Å². The molecule has 0 saturated carbocycles. The predicted molar refractivity (Wildman–Crippen MR) is 116 cm³/mol. The molecule has 0 saturated heterocycles. The lowest BCUT2D eigenvalue weighted by molar-refractivity contribution is 0.572. The molecule has 1 aromatic heterocycles. The summed E-state index contributed by atoms with van der Waals surface area (Å²) in [6.07, 6.45) is 2.34. The van der Waals surface area contributed by atoms with Crippen LogP contribution in [0, 0.1) is 5.82 Å². The summed E-state index contributed by atoms with van der Waals surface area (Å²) in [6, 6.07) is 16.4. The zero-order chi connectivity index (χ0) is 18.2. The Labute approximate surface area is 175 Å². The van der Waals surface area contributed by atoms with Gasteiger partial charge in [0.2, 0.25) is 5.89 Å². The predicted octanol–water partition coefficient (Wildman–Crippen LogP) is 4.01. The van der Waals surface area contributed by atoms with Crippen LogP contribution in [0.25, 0.3) is 11.5 Å². The Morgan fingerprint density at radius 1 is 1.11 bits per heavy atom. The number of guanidine groups is 1. The van der Waals surface area contributed by atoms with Crippen LogP contribution < -0.4 is 10.6 Å². The van der Waals surface area contributed by atoms with Gasteiger partial charge in [-0.2, -0.15) is 0 Å². The molecule has 0 aliphatic rings. The van der Waals surface area contributed by atoms with Gasteiger partial charge in [-0.05, 0) is 36.2 Å². The van der Waals surface area contributed by atoms with E-state index < -0.39 is 0 Å². The van der Waals surface area contributed by atoms with E-state index in [2.05, 4.69) is 20.6 Å². The zero-order valence-electron chi connectivity index (χ0n) is 15.0. The van der Waals surface area contributed by atoms with Crippen molar-refractivity contribution in [1.29, 1.82) is 0 Å². The number of aliphatic imine (C=N–C) groups is 1. The van der Waals surface area contributed by atoms with Crippen molar-refractivity contribution in [3.63, 3.8) is 0 Å². The molecule has 5 nitrogen and oxygen atoms in total. The maximum absolute atomic E-state index is 13.2. The van der Waals surface area contributed by atoms with Crippen molar-refractivity contribution >= 4 is 29.9 Å². The number of rotatable bonds is 6. The van der Waals surface area contributed by atoms with Gasteiger partial charge in [-0.3, -0.25) is 4.99 Å². The molecule has 0 radical (unpaired) electrons. The molecule has 27 heavy (non-hydrogen) atoms. The highest BCUT2D eigenvalue weighted by molar-refractivity contribution is 14.0. The number of hydrogen-bond donors (Lipinski definition) is 2. The maximum Gasteiger partial charge on any atom is 0.226 e. The van der Waals surface area contributed by atoms with Crippen molar-refractivity contribution in [3.05, 3.63) is 77.9 Å². The molecule has 3 rings (SSSR count). The summed E-state index contributed by atoms with van der Waals surface area (Å²) in [5.41, 5.74) is 2.67. The quantitative estimate of drug-likeness (QED) is 0.318. The van der Waals surface area contributed by atoms with E-state index in [9.17, 15) is 4.39 Å². The lowest BCUT2D eigenvalue weighted by Gasteiger charge is -2.10. The molecule has 0 aliphatic carbocycles. The Kier molecular flexibility index (Phi) is 8.25. The van der Waals surface area contributed by atoms with Crippen molar-refractivity contribution in [2.45, 2.75) is 13.0 Å². The summed E-state index contributed by atoms with van der Waals surface area (Å²) < 4.78 is 18.7. The fraction of sp³-hybridized carbons (Fsp3) is 0.200. The molecule has 0 amide bonds. The normalized spacial score (nSPS) is 11.0. The third-order valence-corrected chi connectivity index (χ3v) is 3.83. The molecule has 0 spiro atoms. The molecule has 0 aliphatic heterocycles. The first-order valence-electron chi connectivity index (χ1n) is 8.43. The van der Waals surface area contributed by atoms with Crippen LogP contribution in [0.15, 0.2) is 70.3 Å². The van der Waals surface area contributed by atoms with Gasteiger partial charge in [-0.15, -0.1) is 24.0 Å². The number of nitrogens with one attached hydrogen (secondary N) is 2. The fourth-order valence-electron chi connectivity index (χ4n) is 2.51. The van der Waals surface area contributed by atoms with Gasteiger partial charge in [0.25, 0.3) is 0 Å². The zero-order valence-corrected chi connectivity index (χ0v) is 17.3. The molecule has 1 heterocycles. The van der Waals surface area contributed by atoms with Crippen LogP contribution in [0.3, 0.4) is 0 Å². The molecular formula is C20H22FIN4O. The van der Waals surface area contributed by atoms with E-state index in [1.165, 1.54) is 6.07 Å². The second-order valence-corrected chi connectivity index (χ2v) is 5.74. The topological polar surface area (TPSA) is 62.5 Å². The van der Waals surface area contributed by atoms with Gasteiger partial charge < -0.3 is 15.1 Å². The van der Waals surface area contributed by atoms with Crippen LogP contribution in [0.2, 0.25) is 0 Å². The lowest BCUT2D eigenvalue weighted by Crippen LogP contribution is -2.37. The molecule has 0 unspecified atom stereocenters. The minimum atomic E-state index is -0.217. The van der Waals surface area contributed by atoms with E-state index >= 15 is 0 Å². The van der Waals surface area contributed by atoms with Gasteiger partial charge in [0.1, 0.15) is 12.1 Å². The van der Waals surface area contributed by atoms with E-state index in [0.29, 0.717) is 31.4 Å². The number of hydrogen-bond acceptors (Lipinski definition) is 3. The van der Waals surface area contributed by atoms with E-state index in [-0.39, 0.29) is 29.8 Å². The highest BCUT2D eigenvalue weighted by Gasteiger charge is 2.07. The smallest absolute Gasteiger partial charge is 0.226 e. The van der Waals surface area contributed by atoms with Crippen LogP contribution in [-0.2, 0) is 13.0 Å². The third kappa shape index (κ3) is 6.35. The molecule has 2 N–H and O–H groups in total. The second kappa shape index (κ2) is 10.7. The Bertz CT molecular complexity index is 867. The number of halogens is 2.